The standard InChI is InChI=1S/C63H119NO8/c1-3-5-7-9-11-13-15-17-19-21-23-25-26-27-28-29-30-31-32-33-35-37-39-41-43-45-47-49-51-53-59(67)64-56(55-71-63-62(70)61(69)60(68)58(54-65)72-63)57(66)52-50-48-46-44-42-40-38-36-34-24-22-20-18-16-14-12-10-8-6-4-2/h23,25,27-28,50,52,56-58,60-63,65-66,68-70H,3-22,24,26,29-49,51,53-55H2,1-2H3,(H,64,67)/b25-23-,28-27-,52-50+. The third kappa shape index (κ3) is 41.6. The summed E-state index contributed by atoms with van der Waals surface area (Å²) in [5.74, 6) is -0.174. The second-order valence-corrected chi connectivity index (χ2v) is 21.9. The molecule has 72 heavy (non-hydrogen) atoms. The van der Waals surface area contributed by atoms with Crippen molar-refractivity contribution in [1.82, 2.24) is 5.32 Å². The zero-order valence-electron chi connectivity index (χ0n) is 47.2. The molecule has 1 aliphatic heterocycles. The summed E-state index contributed by atoms with van der Waals surface area (Å²) in [7, 11) is 0. The first-order valence-corrected chi connectivity index (χ1v) is 31.2. The number of nitrogens with one attached hydrogen (secondary N) is 1. The Hall–Kier alpha value is -1.59. The number of hydrogen-bond donors (Lipinski definition) is 6. The molecule has 0 aromatic carbocycles. The number of amides is 1. The number of allylic oxidation sites excluding steroid dienone is 5. The Morgan fingerprint density at radius 3 is 1.19 bits per heavy atom. The molecule has 1 fully saturated rings. The van der Waals surface area contributed by atoms with Gasteiger partial charge in [0.2, 0.25) is 5.91 Å². The van der Waals surface area contributed by atoms with Crippen LogP contribution in [-0.2, 0) is 14.3 Å². The summed E-state index contributed by atoms with van der Waals surface area (Å²) in [4.78, 5) is 13.1. The molecule has 0 bridgehead atoms. The van der Waals surface area contributed by atoms with Gasteiger partial charge in [0.1, 0.15) is 24.4 Å². The number of unbranched alkanes of at least 4 members (excludes halogenated alkanes) is 40. The Bertz CT molecular complexity index is 1230. The maximum atomic E-state index is 13.1. The monoisotopic (exact) mass is 1020 g/mol. The van der Waals surface area contributed by atoms with Crippen LogP contribution in [0.1, 0.15) is 303 Å². The van der Waals surface area contributed by atoms with Crippen molar-refractivity contribution in [2.45, 2.75) is 346 Å². The average Bonchev–Trinajstić information content (AvgIpc) is 3.38. The summed E-state index contributed by atoms with van der Waals surface area (Å²) in [6.45, 7) is 3.81. The molecule has 1 heterocycles. The number of hydrogen-bond acceptors (Lipinski definition) is 8. The number of ether oxygens (including phenoxy) is 2. The van der Waals surface area contributed by atoms with E-state index in [1.807, 2.05) is 6.08 Å². The predicted molar refractivity (Wildman–Crippen MR) is 304 cm³/mol. The SMILES string of the molecule is CCCCCCCCCCC/C=C\C/C=C\CCCCCCCCCCCCCCCC(=O)NC(COC1OC(CO)C(O)C(O)C1O)C(O)/C=C/CCCCCCCCCCCCCCCCCCCC. The fraction of sp³-hybridized carbons (Fsp3) is 0.889. The first kappa shape index (κ1) is 68.4. The Balaban J connectivity index is 2.18. The van der Waals surface area contributed by atoms with E-state index in [9.17, 15) is 30.3 Å². The molecule has 9 nitrogen and oxygen atoms in total. The molecule has 7 unspecified atom stereocenters. The minimum absolute atomic E-state index is 0.174. The van der Waals surface area contributed by atoms with E-state index >= 15 is 0 Å². The molecule has 0 spiro atoms. The second kappa shape index (κ2) is 52.8. The van der Waals surface area contributed by atoms with Crippen molar-refractivity contribution in [3.8, 4) is 0 Å². The Labute approximate surface area is 444 Å². The van der Waals surface area contributed by atoms with Gasteiger partial charge >= 0.3 is 0 Å². The molecule has 6 N–H and O–H groups in total. The molecule has 1 rings (SSSR count). The zero-order valence-corrected chi connectivity index (χ0v) is 47.2. The summed E-state index contributed by atoms with van der Waals surface area (Å²) < 4.78 is 11.3. The fourth-order valence-electron chi connectivity index (χ4n) is 10.0. The van der Waals surface area contributed by atoms with Crippen LogP contribution in [0.5, 0.6) is 0 Å². The van der Waals surface area contributed by atoms with Crippen molar-refractivity contribution in [1.29, 1.82) is 0 Å². The van der Waals surface area contributed by atoms with Crippen LogP contribution in [0.3, 0.4) is 0 Å². The molecule has 1 amide bonds. The number of aliphatic hydroxyl groups excluding tert-OH is 5. The van der Waals surface area contributed by atoms with Gasteiger partial charge in [0.05, 0.1) is 25.4 Å². The quantitative estimate of drug-likeness (QED) is 0.0261. The van der Waals surface area contributed by atoms with E-state index in [-0.39, 0.29) is 12.5 Å². The van der Waals surface area contributed by atoms with Gasteiger partial charge in [0.25, 0.3) is 0 Å². The van der Waals surface area contributed by atoms with Gasteiger partial charge in [-0.25, -0.2) is 0 Å². The van der Waals surface area contributed by atoms with Crippen LogP contribution in [0.15, 0.2) is 36.5 Å². The molecule has 7 atom stereocenters. The molecule has 424 valence electrons. The van der Waals surface area contributed by atoms with Gasteiger partial charge in [-0.05, 0) is 51.4 Å². The third-order valence-electron chi connectivity index (χ3n) is 15.0. The topological polar surface area (TPSA) is 149 Å². The van der Waals surface area contributed by atoms with Crippen molar-refractivity contribution in [3.05, 3.63) is 36.5 Å². The highest BCUT2D eigenvalue weighted by atomic mass is 16.7. The average molecular weight is 1020 g/mol. The van der Waals surface area contributed by atoms with E-state index in [1.54, 1.807) is 6.08 Å². The number of aliphatic hydroxyl groups is 5. The highest BCUT2D eigenvalue weighted by Crippen LogP contribution is 2.23. The van der Waals surface area contributed by atoms with Gasteiger partial charge in [-0.2, -0.15) is 0 Å². The zero-order chi connectivity index (χ0) is 52.2. The maximum Gasteiger partial charge on any atom is 0.220 e. The summed E-state index contributed by atoms with van der Waals surface area (Å²) >= 11 is 0. The minimum atomic E-state index is -1.57. The van der Waals surface area contributed by atoms with E-state index in [0.29, 0.717) is 6.42 Å². The molecular weight excluding hydrogens is 899 g/mol. The lowest BCUT2D eigenvalue weighted by molar-refractivity contribution is -0.302. The molecule has 1 aliphatic rings. The normalized spacial score (nSPS) is 19.3. The van der Waals surface area contributed by atoms with E-state index < -0.39 is 49.5 Å². The molecule has 0 aromatic heterocycles. The predicted octanol–water partition coefficient (Wildman–Crippen LogP) is 15.9. The van der Waals surface area contributed by atoms with Crippen LogP contribution in [0, 0.1) is 0 Å². The van der Waals surface area contributed by atoms with Crippen molar-refractivity contribution in [2.75, 3.05) is 13.2 Å². The van der Waals surface area contributed by atoms with E-state index in [0.717, 1.165) is 44.9 Å². The lowest BCUT2D eigenvalue weighted by atomic mass is 9.99. The van der Waals surface area contributed by atoms with E-state index in [1.165, 1.54) is 238 Å². The van der Waals surface area contributed by atoms with Crippen LogP contribution < -0.4 is 5.32 Å². The molecular formula is C63H119NO8. The lowest BCUT2D eigenvalue weighted by Crippen LogP contribution is -2.60. The second-order valence-electron chi connectivity index (χ2n) is 21.9. The summed E-state index contributed by atoms with van der Waals surface area (Å²) in [6.07, 6.45) is 62.2. The van der Waals surface area contributed by atoms with Crippen LogP contribution in [0.25, 0.3) is 0 Å². The van der Waals surface area contributed by atoms with Gasteiger partial charge in [-0.15, -0.1) is 0 Å². The van der Waals surface area contributed by atoms with Gasteiger partial charge < -0.3 is 40.3 Å². The molecule has 9 heteroatoms. The molecule has 0 radical (unpaired) electrons. The smallest absolute Gasteiger partial charge is 0.220 e. The number of carbonyl (C=O) groups excluding carboxylic acids is 1. The summed E-state index contributed by atoms with van der Waals surface area (Å²) in [5.41, 5.74) is 0. The first-order valence-electron chi connectivity index (χ1n) is 31.2. The maximum absolute atomic E-state index is 13.1. The lowest BCUT2D eigenvalue weighted by Gasteiger charge is -2.40. The van der Waals surface area contributed by atoms with Crippen LogP contribution in [0.2, 0.25) is 0 Å². The Morgan fingerprint density at radius 2 is 0.819 bits per heavy atom. The van der Waals surface area contributed by atoms with Crippen molar-refractivity contribution in [3.63, 3.8) is 0 Å². The van der Waals surface area contributed by atoms with E-state index in [4.69, 9.17) is 9.47 Å². The highest BCUT2D eigenvalue weighted by Gasteiger charge is 2.44. The van der Waals surface area contributed by atoms with Crippen molar-refractivity contribution < 1.29 is 39.8 Å². The van der Waals surface area contributed by atoms with Crippen molar-refractivity contribution in [2.24, 2.45) is 0 Å². The molecule has 1 saturated heterocycles. The molecule has 0 aliphatic carbocycles. The van der Waals surface area contributed by atoms with Crippen LogP contribution in [0.4, 0.5) is 0 Å². The third-order valence-corrected chi connectivity index (χ3v) is 15.0. The van der Waals surface area contributed by atoms with Crippen LogP contribution in [-0.4, -0.2) is 87.5 Å². The van der Waals surface area contributed by atoms with Gasteiger partial charge in [-0.1, -0.05) is 281 Å². The first-order chi connectivity index (χ1) is 35.3. The van der Waals surface area contributed by atoms with E-state index in [2.05, 4.69) is 43.5 Å². The van der Waals surface area contributed by atoms with Crippen molar-refractivity contribution >= 4 is 5.91 Å². The van der Waals surface area contributed by atoms with Crippen LogP contribution >= 0.6 is 0 Å². The fourth-order valence-corrected chi connectivity index (χ4v) is 10.0. The number of carbonyl (C=O) groups is 1. The summed E-state index contributed by atoms with van der Waals surface area (Å²) in [5, 5.41) is 54.6. The molecule has 0 saturated carbocycles. The highest BCUT2D eigenvalue weighted by molar-refractivity contribution is 5.76. The van der Waals surface area contributed by atoms with Gasteiger partial charge in [0, 0.05) is 6.42 Å². The largest absolute Gasteiger partial charge is 0.394 e. The minimum Gasteiger partial charge on any atom is -0.394 e. The Kier molecular flexibility index (Phi) is 50.2. The van der Waals surface area contributed by atoms with Gasteiger partial charge in [-0.3, -0.25) is 4.79 Å². The van der Waals surface area contributed by atoms with Gasteiger partial charge in [0.15, 0.2) is 6.29 Å². The molecule has 0 aromatic rings. The summed E-state index contributed by atoms with van der Waals surface area (Å²) in [6, 6.07) is -0.805. The Morgan fingerprint density at radius 1 is 0.472 bits per heavy atom. The number of rotatable bonds is 54.